The molecule has 3 rings (SSSR count). The van der Waals surface area contributed by atoms with E-state index in [0.29, 0.717) is 16.5 Å². The molecule has 2 aromatic rings. The first-order chi connectivity index (χ1) is 11.7. The largest absolute Gasteiger partial charge is 0.339 e. The highest BCUT2D eigenvalue weighted by molar-refractivity contribution is 6.34. The van der Waals surface area contributed by atoms with Crippen LogP contribution >= 0.6 is 24.0 Å². The molecule has 0 radical (unpaired) electrons. The fraction of sp³-hybridized carbons (Fsp3) is 0.500. The molecule has 0 spiro atoms. The normalized spacial score (nSPS) is 15.0. The summed E-state index contributed by atoms with van der Waals surface area (Å²) in [4.78, 5) is 14.6. The molecule has 2 heterocycles. The number of nitrogens with zero attached hydrogens (tertiary/aromatic N) is 5. The first-order valence-corrected chi connectivity index (χ1v) is 8.53. The number of nitrogens with one attached hydrogen (secondary N) is 1. The van der Waals surface area contributed by atoms with Crippen molar-refractivity contribution in [3.8, 4) is 5.69 Å². The van der Waals surface area contributed by atoms with E-state index in [4.69, 9.17) is 11.6 Å². The minimum Gasteiger partial charge on any atom is -0.339 e. The van der Waals surface area contributed by atoms with Gasteiger partial charge in [-0.3, -0.25) is 4.79 Å². The lowest BCUT2D eigenvalue weighted by molar-refractivity contribution is 0.0687. The molecule has 136 valence electrons. The number of benzene rings is 1. The van der Waals surface area contributed by atoms with Crippen LogP contribution in [-0.4, -0.2) is 57.7 Å². The number of piperidine rings is 1. The van der Waals surface area contributed by atoms with Gasteiger partial charge < -0.3 is 10.2 Å². The Morgan fingerprint density at radius 1 is 1.36 bits per heavy atom. The van der Waals surface area contributed by atoms with Crippen molar-refractivity contribution in [1.82, 2.24) is 30.4 Å². The van der Waals surface area contributed by atoms with Crippen molar-refractivity contribution >= 4 is 29.9 Å². The Hall–Kier alpha value is -1.70. The average molecular weight is 385 g/mol. The summed E-state index contributed by atoms with van der Waals surface area (Å²) in [6.45, 7) is 2.61. The molecule has 1 N–H and O–H groups in total. The molecular weight excluding hydrogens is 363 g/mol. The quantitative estimate of drug-likeness (QED) is 0.854. The van der Waals surface area contributed by atoms with E-state index < -0.39 is 0 Å². The van der Waals surface area contributed by atoms with Crippen molar-refractivity contribution in [2.75, 3.05) is 26.7 Å². The fourth-order valence-electron chi connectivity index (χ4n) is 3.04. The summed E-state index contributed by atoms with van der Waals surface area (Å²) >= 11 is 6.32. The van der Waals surface area contributed by atoms with Crippen LogP contribution in [0.5, 0.6) is 0 Å². The van der Waals surface area contributed by atoms with Crippen LogP contribution in [0.15, 0.2) is 24.5 Å². The van der Waals surface area contributed by atoms with Gasteiger partial charge in [-0.25, -0.2) is 4.68 Å². The molecule has 1 aliphatic heterocycles. The molecule has 25 heavy (non-hydrogen) atoms. The minimum atomic E-state index is -0.00432. The molecule has 1 aliphatic rings. The number of hydrogen-bond acceptors (Lipinski definition) is 5. The van der Waals surface area contributed by atoms with E-state index in [0.717, 1.165) is 38.2 Å². The Morgan fingerprint density at radius 3 is 2.72 bits per heavy atom. The van der Waals surface area contributed by atoms with Gasteiger partial charge >= 0.3 is 0 Å². The van der Waals surface area contributed by atoms with Crippen LogP contribution in [0.25, 0.3) is 5.69 Å². The second-order valence-electron chi connectivity index (χ2n) is 6.05. The highest BCUT2D eigenvalue weighted by Gasteiger charge is 2.24. The van der Waals surface area contributed by atoms with Crippen molar-refractivity contribution in [2.24, 2.45) is 5.92 Å². The van der Waals surface area contributed by atoms with Crippen LogP contribution in [-0.2, 0) is 0 Å². The number of hydrogen-bond donors (Lipinski definition) is 1. The maximum atomic E-state index is 12.7. The summed E-state index contributed by atoms with van der Waals surface area (Å²) in [5.41, 5.74) is 1.26. The van der Waals surface area contributed by atoms with Gasteiger partial charge in [0.2, 0.25) is 0 Å². The Morgan fingerprint density at radius 2 is 2.12 bits per heavy atom. The molecule has 1 amide bonds. The lowest BCUT2D eigenvalue weighted by Crippen LogP contribution is -2.39. The number of halogens is 2. The van der Waals surface area contributed by atoms with Crippen LogP contribution < -0.4 is 5.32 Å². The summed E-state index contributed by atoms with van der Waals surface area (Å²) in [6.07, 6.45) is 4.75. The summed E-state index contributed by atoms with van der Waals surface area (Å²) in [5.74, 6) is 0.689. The second kappa shape index (κ2) is 9.12. The molecule has 7 nitrogen and oxygen atoms in total. The summed E-state index contributed by atoms with van der Waals surface area (Å²) in [7, 11) is 1.97. The van der Waals surface area contributed by atoms with Crippen molar-refractivity contribution in [3.05, 3.63) is 35.1 Å². The molecule has 1 saturated heterocycles. The number of carbonyl (C=O) groups is 1. The van der Waals surface area contributed by atoms with Gasteiger partial charge in [0.15, 0.2) is 0 Å². The first-order valence-electron chi connectivity index (χ1n) is 8.16. The highest BCUT2D eigenvalue weighted by atomic mass is 35.5. The Kier molecular flexibility index (Phi) is 7.16. The number of carbonyl (C=O) groups excluding carboxylic acids is 1. The Balaban J connectivity index is 0.00000225. The van der Waals surface area contributed by atoms with E-state index in [1.165, 1.54) is 17.4 Å². The number of tetrazole rings is 1. The summed E-state index contributed by atoms with van der Waals surface area (Å²) in [6, 6.07) is 5.26. The number of amides is 1. The zero-order valence-corrected chi connectivity index (χ0v) is 15.6. The topological polar surface area (TPSA) is 75.9 Å². The molecule has 1 aromatic heterocycles. The van der Waals surface area contributed by atoms with Crippen LogP contribution in [0.3, 0.4) is 0 Å². The van der Waals surface area contributed by atoms with Crippen molar-refractivity contribution in [3.63, 3.8) is 0 Å². The summed E-state index contributed by atoms with van der Waals surface area (Å²) < 4.78 is 1.51. The standard InChI is InChI=1S/C16H21ClN6O.ClH/c1-18-7-4-12-5-8-22(9-6-12)16(24)14-3-2-13(10-15(14)17)23-11-19-20-21-23;/h2-3,10-12,18H,4-9H2,1H3;1H. The predicted molar refractivity (Wildman–Crippen MR) is 98.6 cm³/mol. The SMILES string of the molecule is CNCCC1CCN(C(=O)c2ccc(-n3cnnn3)cc2Cl)CC1.Cl. The second-order valence-corrected chi connectivity index (χ2v) is 6.45. The van der Waals surface area contributed by atoms with E-state index in [1.807, 2.05) is 11.9 Å². The zero-order chi connectivity index (χ0) is 16.9. The summed E-state index contributed by atoms with van der Waals surface area (Å²) in [5, 5.41) is 14.6. The lowest BCUT2D eigenvalue weighted by atomic mass is 9.93. The monoisotopic (exact) mass is 384 g/mol. The average Bonchev–Trinajstić information content (AvgIpc) is 3.14. The van der Waals surface area contributed by atoms with Crippen LogP contribution in [0, 0.1) is 5.92 Å². The zero-order valence-electron chi connectivity index (χ0n) is 14.1. The molecule has 1 aromatic carbocycles. The van der Waals surface area contributed by atoms with Gasteiger partial charge in [-0.1, -0.05) is 11.6 Å². The van der Waals surface area contributed by atoms with Gasteiger partial charge in [0, 0.05) is 13.1 Å². The third kappa shape index (κ3) is 4.68. The molecular formula is C16H22Cl2N6O. The van der Waals surface area contributed by atoms with Crippen molar-refractivity contribution in [1.29, 1.82) is 0 Å². The van der Waals surface area contributed by atoms with E-state index >= 15 is 0 Å². The van der Waals surface area contributed by atoms with E-state index in [2.05, 4.69) is 20.8 Å². The lowest BCUT2D eigenvalue weighted by Gasteiger charge is -2.32. The Labute approximate surface area is 158 Å². The van der Waals surface area contributed by atoms with E-state index in [9.17, 15) is 4.79 Å². The predicted octanol–water partition coefficient (Wildman–Crippen LogP) is 2.20. The number of rotatable bonds is 5. The van der Waals surface area contributed by atoms with E-state index in [1.54, 1.807) is 18.2 Å². The molecule has 0 bridgehead atoms. The molecule has 0 atom stereocenters. The van der Waals surface area contributed by atoms with Gasteiger partial charge in [0.25, 0.3) is 5.91 Å². The van der Waals surface area contributed by atoms with Crippen molar-refractivity contribution < 1.29 is 4.79 Å². The van der Waals surface area contributed by atoms with Gasteiger partial charge in [-0.15, -0.1) is 17.5 Å². The molecule has 9 heteroatoms. The number of aromatic nitrogens is 4. The third-order valence-electron chi connectivity index (χ3n) is 4.50. The van der Waals surface area contributed by atoms with Crippen LogP contribution in [0.2, 0.25) is 5.02 Å². The van der Waals surface area contributed by atoms with Crippen molar-refractivity contribution in [2.45, 2.75) is 19.3 Å². The first kappa shape index (κ1) is 19.6. The maximum absolute atomic E-state index is 12.7. The smallest absolute Gasteiger partial charge is 0.255 e. The van der Waals surface area contributed by atoms with Gasteiger partial charge in [-0.2, -0.15) is 0 Å². The van der Waals surface area contributed by atoms with Crippen LogP contribution in [0.1, 0.15) is 29.6 Å². The highest BCUT2D eigenvalue weighted by Crippen LogP contribution is 2.25. The molecule has 0 aliphatic carbocycles. The number of likely N-dealkylation sites (tertiary alicyclic amines) is 1. The fourth-order valence-corrected chi connectivity index (χ4v) is 3.30. The molecule has 0 unspecified atom stereocenters. The molecule has 1 fully saturated rings. The van der Waals surface area contributed by atoms with E-state index in [-0.39, 0.29) is 18.3 Å². The van der Waals surface area contributed by atoms with Gasteiger partial charge in [0.05, 0.1) is 16.3 Å². The molecule has 0 saturated carbocycles. The van der Waals surface area contributed by atoms with Crippen LogP contribution in [0.4, 0.5) is 0 Å². The maximum Gasteiger partial charge on any atom is 0.255 e. The third-order valence-corrected chi connectivity index (χ3v) is 4.81. The van der Waals surface area contributed by atoms with Gasteiger partial charge in [-0.05, 0) is 67.4 Å². The minimum absolute atomic E-state index is 0. The Bertz CT molecular complexity index is 686. The van der Waals surface area contributed by atoms with Gasteiger partial charge in [0.1, 0.15) is 6.33 Å².